The van der Waals surface area contributed by atoms with E-state index in [4.69, 9.17) is 14.2 Å². The van der Waals surface area contributed by atoms with Gasteiger partial charge in [0.1, 0.15) is 5.75 Å². The molecule has 1 aliphatic carbocycles. The molecule has 2 fully saturated rings. The third kappa shape index (κ3) is 5.31. The number of fused-ring (bicyclic) bond motifs is 1. The molecule has 6 heteroatoms. The van der Waals surface area contributed by atoms with E-state index in [2.05, 4.69) is 5.32 Å². The van der Waals surface area contributed by atoms with Crippen LogP contribution in [0, 0.1) is 0 Å². The molecule has 2 aromatic rings. The molecule has 0 unspecified atom stereocenters. The number of hydrogen-bond acceptors (Lipinski definition) is 5. The summed E-state index contributed by atoms with van der Waals surface area (Å²) in [6.45, 7) is 4.47. The molecule has 6 nitrogen and oxygen atoms in total. The summed E-state index contributed by atoms with van der Waals surface area (Å²) in [6, 6.07) is 12.3. The van der Waals surface area contributed by atoms with Crippen LogP contribution in [0.15, 0.2) is 36.4 Å². The number of nitrogens with one attached hydrogen (secondary N) is 1. The minimum absolute atomic E-state index is 0.0914. The second-order valence-corrected chi connectivity index (χ2v) is 8.11. The summed E-state index contributed by atoms with van der Waals surface area (Å²) in [7, 11) is 1.69. The van der Waals surface area contributed by atoms with E-state index in [0.29, 0.717) is 24.8 Å². The van der Waals surface area contributed by atoms with Gasteiger partial charge in [-0.1, -0.05) is 24.3 Å². The molecule has 1 atom stereocenters. The number of benzene rings is 2. The summed E-state index contributed by atoms with van der Waals surface area (Å²) >= 11 is 0. The zero-order valence-electron chi connectivity index (χ0n) is 17.8. The highest BCUT2D eigenvalue weighted by Crippen LogP contribution is 2.32. The lowest BCUT2D eigenvalue weighted by molar-refractivity contribution is 0.0169. The van der Waals surface area contributed by atoms with Gasteiger partial charge in [0, 0.05) is 56.8 Å². The van der Waals surface area contributed by atoms with Crippen molar-refractivity contribution in [2.24, 2.45) is 0 Å². The van der Waals surface area contributed by atoms with Crippen molar-refractivity contribution >= 4 is 16.7 Å². The van der Waals surface area contributed by atoms with Crippen molar-refractivity contribution in [3.8, 4) is 5.75 Å². The lowest BCUT2D eigenvalue weighted by Gasteiger charge is -2.28. The molecule has 1 heterocycles. The predicted octanol–water partition coefficient (Wildman–Crippen LogP) is 3.24. The topological polar surface area (TPSA) is 60.0 Å². The van der Waals surface area contributed by atoms with Crippen LogP contribution in [-0.4, -0.2) is 69.5 Å². The average molecular weight is 413 g/mol. The second kappa shape index (κ2) is 10.2. The summed E-state index contributed by atoms with van der Waals surface area (Å²) in [6.07, 6.45) is 4.03. The number of rotatable bonds is 10. The maximum atomic E-state index is 13.5. The highest BCUT2D eigenvalue weighted by Gasteiger charge is 2.33. The van der Waals surface area contributed by atoms with Gasteiger partial charge in [0.2, 0.25) is 0 Å². The molecular formula is C24H32N2O4. The Kier molecular flexibility index (Phi) is 7.20. The Labute approximate surface area is 178 Å². The van der Waals surface area contributed by atoms with Gasteiger partial charge in [0.15, 0.2) is 0 Å². The van der Waals surface area contributed by atoms with Gasteiger partial charge < -0.3 is 24.4 Å². The Morgan fingerprint density at radius 3 is 2.87 bits per heavy atom. The Hall–Kier alpha value is -2.15. The molecule has 162 valence electrons. The molecule has 1 N–H and O–H groups in total. The third-order valence-electron chi connectivity index (χ3n) is 5.77. The van der Waals surface area contributed by atoms with Crippen molar-refractivity contribution < 1.29 is 19.0 Å². The number of carbonyl (C=O) groups is 1. The molecule has 2 aliphatic rings. The molecule has 0 spiro atoms. The van der Waals surface area contributed by atoms with Crippen molar-refractivity contribution in [2.45, 2.75) is 37.8 Å². The third-order valence-corrected chi connectivity index (χ3v) is 5.77. The van der Waals surface area contributed by atoms with Crippen LogP contribution in [0.1, 0.15) is 36.0 Å². The zero-order valence-corrected chi connectivity index (χ0v) is 17.8. The number of ether oxygens (including phenoxy) is 3. The van der Waals surface area contributed by atoms with E-state index in [1.165, 1.54) is 0 Å². The molecule has 1 saturated heterocycles. The number of methoxy groups -OCH3 is 1. The number of carbonyl (C=O) groups excluding carboxylic acids is 1. The number of amides is 1. The van der Waals surface area contributed by atoms with Crippen molar-refractivity contribution in [2.75, 3.05) is 46.6 Å². The summed E-state index contributed by atoms with van der Waals surface area (Å²) in [5, 5.41) is 5.43. The Bertz CT molecular complexity index is 846. The fraction of sp³-hybridized carbons (Fsp3) is 0.542. The highest BCUT2D eigenvalue weighted by atomic mass is 16.5. The van der Waals surface area contributed by atoms with Gasteiger partial charge in [0.05, 0.1) is 19.3 Å². The standard InChI is InChI=1S/C24H32N2O4/c1-28-12-4-13-30-23-16-19(15-18-5-2-3-6-22(18)23)24(27)26(20-7-8-20)11-9-21-17-25-10-14-29-21/h2-3,5-6,15-16,20-21,25H,4,7-14,17H2,1H3/t21-/m0/s1. The molecule has 30 heavy (non-hydrogen) atoms. The van der Waals surface area contributed by atoms with E-state index < -0.39 is 0 Å². The fourth-order valence-corrected chi connectivity index (χ4v) is 3.99. The molecule has 0 radical (unpaired) electrons. The van der Waals surface area contributed by atoms with Crippen LogP contribution < -0.4 is 10.1 Å². The van der Waals surface area contributed by atoms with E-state index in [1.807, 2.05) is 41.3 Å². The maximum absolute atomic E-state index is 13.5. The normalized spacial score (nSPS) is 19.0. The van der Waals surface area contributed by atoms with Crippen molar-refractivity contribution in [1.82, 2.24) is 10.2 Å². The average Bonchev–Trinajstić information content (AvgIpc) is 3.62. The van der Waals surface area contributed by atoms with Gasteiger partial charge in [-0.15, -0.1) is 0 Å². The van der Waals surface area contributed by atoms with Gasteiger partial charge in [-0.3, -0.25) is 4.79 Å². The Morgan fingerprint density at radius 2 is 2.10 bits per heavy atom. The fourth-order valence-electron chi connectivity index (χ4n) is 3.99. The van der Waals surface area contributed by atoms with Crippen LogP contribution >= 0.6 is 0 Å². The van der Waals surface area contributed by atoms with Crippen LogP contribution in [0.4, 0.5) is 0 Å². The van der Waals surface area contributed by atoms with Crippen LogP contribution in [0.3, 0.4) is 0 Å². The maximum Gasteiger partial charge on any atom is 0.254 e. The van der Waals surface area contributed by atoms with Gasteiger partial charge in [0.25, 0.3) is 5.91 Å². The molecular weight excluding hydrogens is 380 g/mol. The lowest BCUT2D eigenvalue weighted by Crippen LogP contribution is -2.42. The summed E-state index contributed by atoms with van der Waals surface area (Å²) < 4.78 is 17.0. The summed E-state index contributed by atoms with van der Waals surface area (Å²) in [5.74, 6) is 0.858. The Balaban J connectivity index is 1.51. The first-order valence-corrected chi connectivity index (χ1v) is 11.0. The first kappa shape index (κ1) is 21.1. The van der Waals surface area contributed by atoms with Gasteiger partial charge in [-0.25, -0.2) is 0 Å². The first-order valence-electron chi connectivity index (χ1n) is 11.0. The van der Waals surface area contributed by atoms with Gasteiger partial charge >= 0.3 is 0 Å². The van der Waals surface area contributed by atoms with E-state index in [9.17, 15) is 4.79 Å². The molecule has 1 amide bonds. The number of hydrogen-bond donors (Lipinski definition) is 1. The lowest BCUT2D eigenvalue weighted by atomic mass is 10.0. The first-order chi connectivity index (χ1) is 14.8. The summed E-state index contributed by atoms with van der Waals surface area (Å²) in [4.78, 5) is 15.5. The van der Waals surface area contributed by atoms with Gasteiger partial charge in [-0.05, 0) is 36.8 Å². The molecule has 0 aromatic heterocycles. The largest absolute Gasteiger partial charge is 0.493 e. The quantitative estimate of drug-likeness (QED) is 0.607. The zero-order chi connectivity index (χ0) is 20.8. The molecule has 0 bridgehead atoms. The van der Waals surface area contributed by atoms with Crippen LogP contribution in [-0.2, 0) is 9.47 Å². The minimum Gasteiger partial charge on any atom is -0.493 e. The molecule has 2 aromatic carbocycles. The van der Waals surface area contributed by atoms with E-state index in [-0.39, 0.29) is 12.0 Å². The van der Waals surface area contributed by atoms with Crippen LogP contribution in [0.5, 0.6) is 5.75 Å². The SMILES string of the molecule is COCCCOc1cc(C(=O)N(CC[C@H]2CNCCO2)C2CC2)cc2ccccc12. The molecule has 1 saturated carbocycles. The molecule has 4 rings (SSSR count). The highest BCUT2D eigenvalue weighted by molar-refractivity contribution is 6.01. The smallest absolute Gasteiger partial charge is 0.254 e. The van der Waals surface area contributed by atoms with Crippen molar-refractivity contribution in [3.05, 3.63) is 42.0 Å². The Morgan fingerprint density at radius 1 is 1.23 bits per heavy atom. The number of nitrogens with zero attached hydrogens (tertiary/aromatic N) is 1. The van der Waals surface area contributed by atoms with Crippen molar-refractivity contribution in [3.63, 3.8) is 0 Å². The van der Waals surface area contributed by atoms with E-state index in [0.717, 1.165) is 68.4 Å². The number of morpholine rings is 1. The summed E-state index contributed by atoms with van der Waals surface area (Å²) in [5.41, 5.74) is 0.699. The van der Waals surface area contributed by atoms with Crippen molar-refractivity contribution in [1.29, 1.82) is 0 Å². The van der Waals surface area contributed by atoms with E-state index >= 15 is 0 Å². The molecule has 1 aliphatic heterocycles. The second-order valence-electron chi connectivity index (χ2n) is 8.11. The monoisotopic (exact) mass is 412 g/mol. The van der Waals surface area contributed by atoms with Gasteiger partial charge in [-0.2, -0.15) is 0 Å². The van der Waals surface area contributed by atoms with Crippen LogP contribution in [0.2, 0.25) is 0 Å². The predicted molar refractivity (Wildman–Crippen MR) is 117 cm³/mol. The van der Waals surface area contributed by atoms with Crippen LogP contribution in [0.25, 0.3) is 10.8 Å². The minimum atomic E-state index is 0.0914. The van der Waals surface area contributed by atoms with E-state index in [1.54, 1.807) is 7.11 Å².